The average Bonchev–Trinajstić information content (AvgIpc) is 3.13. The Labute approximate surface area is 127 Å². The van der Waals surface area contributed by atoms with Crippen LogP contribution in [0.5, 0.6) is 0 Å². The number of ether oxygens (including phenoxy) is 1. The third-order valence-corrected chi connectivity index (χ3v) is 4.51. The third kappa shape index (κ3) is 4.26. The van der Waals surface area contributed by atoms with Crippen molar-refractivity contribution in [3.05, 3.63) is 22.4 Å². The van der Waals surface area contributed by atoms with Gasteiger partial charge in [0.1, 0.15) is 0 Å². The van der Waals surface area contributed by atoms with Crippen LogP contribution in [0.3, 0.4) is 0 Å². The number of likely N-dealkylation sites (N-methyl/N-ethyl adjacent to an activating group) is 1. The quantitative estimate of drug-likeness (QED) is 0.778. The molecule has 1 aliphatic rings. The van der Waals surface area contributed by atoms with Crippen LogP contribution in [0.2, 0.25) is 0 Å². The Morgan fingerprint density at radius 2 is 2.33 bits per heavy atom. The number of hydrogen-bond donors (Lipinski definition) is 2. The molecule has 1 amide bonds. The number of nitrogens with one attached hydrogen (secondary N) is 1. The van der Waals surface area contributed by atoms with E-state index in [4.69, 9.17) is 4.74 Å². The number of carboxylic acids is 1. The number of rotatable bonds is 7. The zero-order valence-electron chi connectivity index (χ0n) is 11.9. The zero-order chi connectivity index (χ0) is 15.2. The molecule has 0 bridgehead atoms. The largest absolute Gasteiger partial charge is 0.481 e. The standard InChI is InChI=1S/C14H20N2O4S/c1-2-16(12-9-20-8-11(12)14(18)19)7-13(17)15-6-10-4-3-5-21-10/h3-5,11-12H,2,6-9H2,1H3,(H,15,17)(H,18,19). The smallest absolute Gasteiger partial charge is 0.310 e. The maximum atomic E-state index is 12.0. The molecule has 0 aliphatic carbocycles. The van der Waals surface area contributed by atoms with Crippen LogP contribution in [-0.4, -0.2) is 54.2 Å². The molecule has 116 valence electrons. The van der Waals surface area contributed by atoms with Gasteiger partial charge < -0.3 is 15.2 Å². The summed E-state index contributed by atoms with van der Waals surface area (Å²) in [5, 5.41) is 14.0. The second-order valence-corrected chi connectivity index (χ2v) is 6.00. The van der Waals surface area contributed by atoms with E-state index in [9.17, 15) is 14.7 Å². The lowest BCUT2D eigenvalue weighted by molar-refractivity contribution is -0.143. The number of thiophene rings is 1. The van der Waals surface area contributed by atoms with Gasteiger partial charge in [-0.3, -0.25) is 14.5 Å². The van der Waals surface area contributed by atoms with E-state index in [0.29, 0.717) is 19.7 Å². The van der Waals surface area contributed by atoms with Crippen molar-refractivity contribution < 1.29 is 19.4 Å². The summed E-state index contributed by atoms with van der Waals surface area (Å²) in [7, 11) is 0. The van der Waals surface area contributed by atoms with Crippen LogP contribution in [-0.2, 0) is 20.9 Å². The van der Waals surface area contributed by atoms with Gasteiger partial charge in [0, 0.05) is 10.9 Å². The van der Waals surface area contributed by atoms with Crippen molar-refractivity contribution in [2.45, 2.75) is 19.5 Å². The molecule has 0 aromatic carbocycles. The van der Waals surface area contributed by atoms with Crippen molar-refractivity contribution in [2.75, 3.05) is 26.3 Å². The van der Waals surface area contributed by atoms with Gasteiger partial charge in [0.05, 0.1) is 32.2 Å². The topological polar surface area (TPSA) is 78.9 Å². The number of aliphatic carboxylic acids is 1. The van der Waals surface area contributed by atoms with E-state index in [1.54, 1.807) is 11.3 Å². The van der Waals surface area contributed by atoms with Crippen molar-refractivity contribution in [2.24, 2.45) is 5.92 Å². The molecule has 0 radical (unpaired) electrons. The predicted molar refractivity (Wildman–Crippen MR) is 79.1 cm³/mol. The molecule has 2 unspecified atom stereocenters. The number of amides is 1. The van der Waals surface area contributed by atoms with Gasteiger partial charge in [0.25, 0.3) is 0 Å². The van der Waals surface area contributed by atoms with Crippen molar-refractivity contribution >= 4 is 23.2 Å². The van der Waals surface area contributed by atoms with Crippen molar-refractivity contribution in [1.82, 2.24) is 10.2 Å². The molecule has 21 heavy (non-hydrogen) atoms. The van der Waals surface area contributed by atoms with Crippen molar-refractivity contribution in [3.8, 4) is 0 Å². The van der Waals surface area contributed by atoms with Crippen LogP contribution < -0.4 is 5.32 Å². The maximum absolute atomic E-state index is 12.0. The molecular formula is C14H20N2O4S. The fourth-order valence-electron chi connectivity index (χ4n) is 2.44. The summed E-state index contributed by atoms with van der Waals surface area (Å²) in [6.45, 7) is 3.82. The van der Waals surface area contributed by atoms with Crippen LogP contribution in [0.25, 0.3) is 0 Å². The molecule has 7 heteroatoms. The molecule has 2 rings (SSSR count). The van der Waals surface area contributed by atoms with Gasteiger partial charge in [0.15, 0.2) is 0 Å². The van der Waals surface area contributed by atoms with Crippen LogP contribution in [0.4, 0.5) is 0 Å². The van der Waals surface area contributed by atoms with Gasteiger partial charge in [-0.15, -0.1) is 11.3 Å². The minimum absolute atomic E-state index is 0.0960. The van der Waals surface area contributed by atoms with Gasteiger partial charge >= 0.3 is 5.97 Å². The summed E-state index contributed by atoms with van der Waals surface area (Å²) in [6, 6.07) is 3.67. The Balaban J connectivity index is 1.86. The first-order valence-electron chi connectivity index (χ1n) is 6.95. The van der Waals surface area contributed by atoms with Crippen LogP contribution >= 0.6 is 11.3 Å². The molecule has 2 atom stereocenters. The van der Waals surface area contributed by atoms with Gasteiger partial charge in [-0.2, -0.15) is 0 Å². The van der Waals surface area contributed by atoms with E-state index in [1.807, 2.05) is 29.3 Å². The summed E-state index contributed by atoms with van der Waals surface area (Å²) in [5.41, 5.74) is 0. The maximum Gasteiger partial charge on any atom is 0.310 e. The SMILES string of the molecule is CCN(CC(=O)NCc1cccs1)C1COCC1C(=O)O. The Hall–Kier alpha value is -1.44. The summed E-state index contributed by atoms with van der Waals surface area (Å²) in [5.74, 6) is -1.52. The Bertz CT molecular complexity index is 477. The fourth-order valence-corrected chi connectivity index (χ4v) is 3.09. The predicted octanol–water partition coefficient (Wildman–Crippen LogP) is 0.786. The van der Waals surface area contributed by atoms with E-state index in [2.05, 4.69) is 5.32 Å². The van der Waals surface area contributed by atoms with Crippen LogP contribution in [0.15, 0.2) is 17.5 Å². The molecular weight excluding hydrogens is 292 g/mol. The monoisotopic (exact) mass is 312 g/mol. The van der Waals surface area contributed by atoms with Gasteiger partial charge in [-0.05, 0) is 18.0 Å². The summed E-state index contributed by atoms with van der Waals surface area (Å²) < 4.78 is 5.26. The van der Waals surface area contributed by atoms with Gasteiger partial charge in [-0.1, -0.05) is 13.0 Å². The highest BCUT2D eigenvalue weighted by Crippen LogP contribution is 2.19. The van der Waals surface area contributed by atoms with E-state index in [0.717, 1.165) is 4.88 Å². The highest BCUT2D eigenvalue weighted by atomic mass is 32.1. The van der Waals surface area contributed by atoms with Crippen LogP contribution in [0, 0.1) is 5.92 Å². The Morgan fingerprint density at radius 3 is 2.95 bits per heavy atom. The molecule has 1 aliphatic heterocycles. The lowest BCUT2D eigenvalue weighted by Gasteiger charge is -2.28. The second kappa shape index (κ2) is 7.53. The molecule has 1 aromatic rings. The van der Waals surface area contributed by atoms with Gasteiger partial charge in [-0.25, -0.2) is 0 Å². The first-order chi connectivity index (χ1) is 10.1. The molecule has 1 saturated heterocycles. The molecule has 0 spiro atoms. The molecule has 1 aromatic heterocycles. The van der Waals surface area contributed by atoms with Crippen LogP contribution in [0.1, 0.15) is 11.8 Å². The minimum atomic E-state index is -0.866. The molecule has 0 saturated carbocycles. The van der Waals surface area contributed by atoms with Crippen molar-refractivity contribution in [1.29, 1.82) is 0 Å². The minimum Gasteiger partial charge on any atom is -0.481 e. The number of carbonyl (C=O) groups is 2. The normalized spacial score (nSPS) is 21.6. The highest BCUT2D eigenvalue weighted by Gasteiger charge is 2.37. The Morgan fingerprint density at radius 1 is 1.52 bits per heavy atom. The zero-order valence-corrected chi connectivity index (χ0v) is 12.8. The first-order valence-corrected chi connectivity index (χ1v) is 7.83. The Kier molecular flexibility index (Phi) is 5.72. The molecule has 2 N–H and O–H groups in total. The lowest BCUT2D eigenvalue weighted by atomic mass is 10.0. The number of hydrogen-bond acceptors (Lipinski definition) is 5. The third-order valence-electron chi connectivity index (χ3n) is 3.63. The van der Waals surface area contributed by atoms with E-state index in [-0.39, 0.29) is 25.1 Å². The first kappa shape index (κ1) is 15.9. The number of nitrogens with zero attached hydrogens (tertiary/aromatic N) is 1. The summed E-state index contributed by atoms with van der Waals surface area (Å²) in [4.78, 5) is 26.2. The summed E-state index contributed by atoms with van der Waals surface area (Å²) in [6.07, 6.45) is 0. The summed E-state index contributed by atoms with van der Waals surface area (Å²) >= 11 is 1.59. The average molecular weight is 312 g/mol. The van der Waals surface area contributed by atoms with E-state index >= 15 is 0 Å². The molecule has 1 fully saturated rings. The van der Waals surface area contributed by atoms with Crippen molar-refractivity contribution in [3.63, 3.8) is 0 Å². The van der Waals surface area contributed by atoms with E-state index < -0.39 is 11.9 Å². The number of carboxylic acid groups (broad SMARTS) is 1. The number of carbonyl (C=O) groups excluding carboxylic acids is 1. The highest BCUT2D eigenvalue weighted by molar-refractivity contribution is 7.09. The van der Waals surface area contributed by atoms with Gasteiger partial charge in [0.2, 0.25) is 5.91 Å². The molecule has 2 heterocycles. The fraction of sp³-hybridized carbons (Fsp3) is 0.571. The lowest BCUT2D eigenvalue weighted by Crippen LogP contribution is -2.47. The van der Waals surface area contributed by atoms with E-state index in [1.165, 1.54) is 0 Å². The second-order valence-electron chi connectivity index (χ2n) is 4.97. The molecule has 6 nitrogen and oxygen atoms in total.